The summed E-state index contributed by atoms with van der Waals surface area (Å²) < 4.78 is 0. The van der Waals surface area contributed by atoms with Crippen LogP contribution in [0.2, 0.25) is 0 Å². The molecule has 0 aromatic heterocycles. The highest BCUT2D eigenvalue weighted by Crippen LogP contribution is 2.46. The second-order valence-corrected chi connectivity index (χ2v) is 11.2. The third-order valence-corrected chi connectivity index (χ3v) is 8.91. The molecule has 3 aromatic carbocycles. The van der Waals surface area contributed by atoms with Gasteiger partial charge in [0.25, 0.3) is 0 Å². The maximum atomic E-state index is 2.49. The van der Waals surface area contributed by atoms with Gasteiger partial charge in [-0.2, -0.15) is 0 Å². The van der Waals surface area contributed by atoms with Crippen LogP contribution in [0.4, 0.5) is 0 Å². The van der Waals surface area contributed by atoms with Gasteiger partial charge in [0.2, 0.25) is 0 Å². The molecule has 5 atom stereocenters. The molecule has 0 spiro atoms. The molecule has 0 aliphatic heterocycles. The highest BCUT2D eigenvalue weighted by molar-refractivity contribution is 7.55. The maximum Gasteiger partial charge on any atom is -0.0121 e. The molecule has 1 saturated carbocycles. The molecule has 3 aromatic rings. The molecule has 0 amide bonds. The molecular formula is C26H30P2. The standard InChI is InChI=1S/C26H30P2/c1-19-10-8-13-22(18-19)28-26-17-7-6-14-25(26)24-16-9-15-23(24)20(2)27-21-11-4-3-5-12-21/h3-8,10-14,17-18,20,23-24,27-28H,9,15-16H2,1-2H3/t20-,23?,24?/m0/s1. The molecule has 1 aliphatic rings. The van der Waals surface area contributed by atoms with Gasteiger partial charge in [0, 0.05) is 0 Å². The normalized spacial score (nSPS) is 21.1. The van der Waals surface area contributed by atoms with E-state index in [4.69, 9.17) is 0 Å². The first-order chi connectivity index (χ1) is 13.7. The fraction of sp³-hybridized carbons (Fsp3) is 0.308. The summed E-state index contributed by atoms with van der Waals surface area (Å²) in [4.78, 5) is 0. The lowest BCUT2D eigenvalue weighted by Gasteiger charge is -2.28. The second-order valence-electron chi connectivity index (χ2n) is 8.08. The van der Waals surface area contributed by atoms with Crippen LogP contribution in [0.25, 0.3) is 0 Å². The largest absolute Gasteiger partial charge is 0.0872 e. The van der Waals surface area contributed by atoms with Crippen LogP contribution < -0.4 is 15.9 Å². The zero-order chi connectivity index (χ0) is 19.3. The number of benzene rings is 3. The Morgan fingerprint density at radius 2 is 1.57 bits per heavy atom. The third-order valence-electron chi connectivity index (χ3n) is 6.04. The van der Waals surface area contributed by atoms with Gasteiger partial charge >= 0.3 is 0 Å². The van der Waals surface area contributed by atoms with Crippen LogP contribution in [0.1, 0.15) is 43.2 Å². The molecule has 0 radical (unpaired) electrons. The Bertz CT molecular complexity index is 903. The van der Waals surface area contributed by atoms with Crippen LogP contribution in [-0.4, -0.2) is 5.66 Å². The SMILES string of the molecule is Cc1cccc(Pc2ccccc2C2CCCC2[C@H](C)Pc2ccccc2)c1. The smallest absolute Gasteiger partial charge is 0.0121 e. The quantitative estimate of drug-likeness (QED) is 0.449. The highest BCUT2D eigenvalue weighted by Gasteiger charge is 2.33. The number of hydrogen-bond donors (Lipinski definition) is 0. The van der Waals surface area contributed by atoms with Crippen molar-refractivity contribution in [1.29, 1.82) is 0 Å². The Morgan fingerprint density at radius 1 is 0.821 bits per heavy atom. The summed E-state index contributed by atoms with van der Waals surface area (Å²) in [6.45, 7) is 4.68. The van der Waals surface area contributed by atoms with Crippen molar-refractivity contribution in [1.82, 2.24) is 0 Å². The first-order valence-electron chi connectivity index (χ1n) is 10.4. The fourth-order valence-corrected chi connectivity index (χ4v) is 7.60. The molecule has 4 unspecified atom stereocenters. The molecule has 0 bridgehead atoms. The van der Waals surface area contributed by atoms with E-state index in [1.165, 1.54) is 35.4 Å². The molecule has 1 fully saturated rings. The van der Waals surface area contributed by atoms with Gasteiger partial charge in [0.1, 0.15) is 0 Å². The summed E-state index contributed by atoms with van der Waals surface area (Å²) in [6, 6.07) is 29.4. The van der Waals surface area contributed by atoms with E-state index in [0.29, 0.717) is 0 Å². The Hall–Kier alpha value is -1.48. The van der Waals surface area contributed by atoms with Crippen molar-refractivity contribution in [3.05, 3.63) is 90.0 Å². The predicted molar refractivity (Wildman–Crippen MR) is 129 cm³/mol. The lowest BCUT2D eigenvalue weighted by atomic mass is 9.87. The van der Waals surface area contributed by atoms with Gasteiger partial charge in [-0.1, -0.05) is 115 Å². The first kappa shape index (κ1) is 19.8. The zero-order valence-corrected chi connectivity index (χ0v) is 18.9. The minimum Gasteiger partial charge on any atom is -0.0872 e. The Morgan fingerprint density at radius 3 is 2.39 bits per heavy atom. The number of aryl methyl sites for hydroxylation is 1. The molecule has 0 saturated heterocycles. The van der Waals surface area contributed by atoms with Gasteiger partial charge < -0.3 is 0 Å². The van der Waals surface area contributed by atoms with Crippen molar-refractivity contribution >= 4 is 33.1 Å². The molecule has 4 rings (SSSR count). The lowest BCUT2D eigenvalue weighted by Crippen LogP contribution is -2.22. The number of rotatable bonds is 6. The summed E-state index contributed by atoms with van der Waals surface area (Å²) in [7, 11) is 1.67. The summed E-state index contributed by atoms with van der Waals surface area (Å²) >= 11 is 0. The number of hydrogen-bond acceptors (Lipinski definition) is 0. The minimum absolute atomic E-state index is 0.722. The summed E-state index contributed by atoms with van der Waals surface area (Å²) in [5.74, 6) is 1.53. The van der Waals surface area contributed by atoms with E-state index in [1.807, 2.05) is 0 Å². The Balaban J connectivity index is 1.56. The summed E-state index contributed by atoms with van der Waals surface area (Å²) in [6.07, 6.45) is 4.11. The van der Waals surface area contributed by atoms with Crippen LogP contribution in [0.15, 0.2) is 78.9 Å². The maximum absolute atomic E-state index is 2.49. The van der Waals surface area contributed by atoms with Gasteiger partial charge in [-0.05, 0) is 58.7 Å². The van der Waals surface area contributed by atoms with Crippen molar-refractivity contribution in [2.75, 3.05) is 0 Å². The average Bonchev–Trinajstić information content (AvgIpc) is 3.19. The average molecular weight is 404 g/mol. The van der Waals surface area contributed by atoms with Crippen LogP contribution in [0, 0.1) is 12.8 Å². The van der Waals surface area contributed by atoms with Crippen molar-refractivity contribution in [3.8, 4) is 0 Å². The van der Waals surface area contributed by atoms with E-state index >= 15 is 0 Å². The fourth-order valence-electron chi connectivity index (χ4n) is 4.69. The van der Waals surface area contributed by atoms with Crippen molar-refractivity contribution < 1.29 is 0 Å². The van der Waals surface area contributed by atoms with Gasteiger partial charge in [0.15, 0.2) is 0 Å². The Labute approximate surface area is 173 Å². The lowest BCUT2D eigenvalue weighted by molar-refractivity contribution is 0.481. The molecule has 144 valence electrons. The molecule has 0 heterocycles. The van der Waals surface area contributed by atoms with Gasteiger partial charge in [-0.15, -0.1) is 0 Å². The van der Waals surface area contributed by atoms with Crippen molar-refractivity contribution in [2.24, 2.45) is 5.92 Å². The predicted octanol–water partition coefficient (Wildman–Crippen LogP) is 5.90. The molecule has 0 nitrogen and oxygen atoms in total. The molecule has 28 heavy (non-hydrogen) atoms. The van der Waals surface area contributed by atoms with E-state index in [9.17, 15) is 0 Å². The summed E-state index contributed by atoms with van der Waals surface area (Å²) in [5, 5.41) is 4.53. The Kier molecular flexibility index (Phi) is 6.61. The van der Waals surface area contributed by atoms with Crippen molar-refractivity contribution in [2.45, 2.75) is 44.7 Å². The second kappa shape index (κ2) is 9.35. The molecule has 1 aliphatic carbocycles. The zero-order valence-electron chi connectivity index (χ0n) is 16.9. The van der Waals surface area contributed by atoms with Crippen molar-refractivity contribution in [3.63, 3.8) is 0 Å². The van der Waals surface area contributed by atoms with Gasteiger partial charge in [-0.3, -0.25) is 0 Å². The first-order valence-corrected chi connectivity index (χ1v) is 12.5. The van der Waals surface area contributed by atoms with E-state index in [0.717, 1.165) is 34.7 Å². The minimum atomic E-state index is 0.722. The molecular weight excluding hydrogens is 374 g/mol. The van der Waals surface area contributed by atoms with E-state index in [-0.39, 0.29) is 0 Å². The third kappa shape index (κ3) is 4.74. The van der Waals surface area contributed by atoms with Crippen LogP contribution in [0.3, 0.4) is 0 Å². The van der Waals surface area contributed by atoms with E-state index in [1.54, 1.807) is 10.9 Å². The van der Waals surface area contributed by atoms with Gasteiger partial charge in [-0.25, -0.2) is 0 Å². The monoisotopic (exact) mass is 404 g/mol. The van der Waals surface area contributed by atoms with Crippen LogP contribution in [-0.2, 0) is 0 Å². The van der Waals surface area contributed by atoms with E-state index in [2.05, 4.69) is 92.7 Å². The summed E-state index contributed by atoms with van der Waals surface area (Å²) in [5.41, 5.74) is 3.73. The highest BCUT2D eigenvalue weighted by atomic mass is 31.1. The molecule has 0 N–H and O–H groups in total. The van der Waals surface area contributed by atoms with E-state index < -0.39 is 0 Å². The van der Waals surface area contributed by atoms with Crippen LogP contribution in [0.5, 0.6) is 0 Å². The van der Waals surface area contributed by atoms with Gasteiger partial charge in [0.05, 0.1) is 0 Å². The van der Waals surface area contributed by atoms with Crippen LogP contribution >= 0.6 is 17.2 Å². The molecule has 2 heteroatoms. The topological polar surface area (TPSA) is 0 Å².